The smallest absolute Gasteiger partial charge is 0.0569 e. The first-order valence-corrected chi connectivity index (χ1v) is 22.9. The maximum atomic E-state index is 2.58. The third kappa shape index (κ3) is 6.81. The summed E-state index contributed by atoms with van der Waals surface area (Å²) in [5.74, 6) is 0.556. The van der Waals surface area contributed by atoms with Crippen LogP contribution in [0.4, 0.5) is 34.1 Å². The molecular weight excluding hydrogens is 773 g/mol. The first-order chi connectivity index (χ1) is 31.1. The second-order valence-corrected chi connectivity index (χ2v) is 18.3. The van der Waals surface area contributed by atoms with Gasteiger partial charge in [-0.25, -0.2) is 0 Å². The lowest BCUT2D eigenvalue weighted by molar-refractivity contribution is 0.875. The summed E-state index contributed by atoms with van der Waals surface area (Å²) < 4.78 is 0. The zero-order valence-electron chi connectivity index (χ0n) is 38.4. The standard InChI is InChI=1S/C62H56N2/c1-39(2)53-37-57(63(55-31-17-15-21-41(55)5)61-43(7)23-19-29-47(61)45-25-11-9-12-26-45)51-36-34-50-54(40(3)4)38-58(52-35-33-49(53)59(51)60(50)52)64(56-32-18-16-22-42(56)6)62-44(8)24-20-30-48(62)46-27-13-10-14-28-46/h9-40H,1-8H3. The Kier molecular flexibility index (Phi) is 10.6. The summed E-state index contributed by atoms with van der Waals surface area (Å²) in [5.41, 5.74) is 19.6. The van der Waals surface area contributed by atoms with Crippen molar-refractivity contribution < 1.29 is 0 Å². The summed E-state index contributed by atoms with van der Waals surface area (Å²) in [4.78, 5) is 5.16. The number of anilines is 6. The van der Waals surface area contributed by atoms with Crippen molar-refractivity contribution in [1.29, 1.82) is 0 Å². The number of aryl methyl sites for hydroxylation is 4. The number of benzene rings is 10. The highest BCUT2D eigenvalue weighted by atomic mass is 15.2. The first-order valence-electron chi connectivity index (χ1n) is 22.9. The Balaban J connectivity index is 1.37. The van der Waals surface area contributed by atoms with E-state index in [1.807, 2.05) is 0 Å². The van der Waals surface area contributed by atoms with Crippen molar-refractivity contribution >= 4 is 66.4 Å². The molecule has 10 rings (SSSR count). The highest BCUT2D eigenvalue weighted by molar-refractivity contribution is 6.29. The molecule has 0 fully saturated rings. The zero-order chi connectivity index (χ0) is 44.2. The minimum atomic E-state index is 0.278. The molecule has 64 heavy (non-hydrogen) atoms. The molecule has 0 aliphatic carbocycles. The highest BCUT2D eigenvalue weighted by Crippen LogP contribution is 2.54. The summed E-state index contributed by atoms with van der Waals surface area (Å²) in [7, 11) is 0. The Morgan fingerprint density at radius 3 is 1.03 bits per heavy atom. The van der Waals surface area contributed by atoms with Crippen LogP contribution < -0.4 is 9.80 Å². The van der Waals surface area contributed by atoms with Crippen LogP contribution in [0.5, 0.6) is 0 Å². The minimum Gasteiger partial charge on any atom is -0.309 e. The number of hydrogen-bond acceptors (Lipinski definition) is 2. The van der Waals surface area contributed by atoms with Crippen LogP contribution in [0.3, 0.4) is 0 Å². The largest absolute Gasteiger partial charge is 0.309 e. The Bertz CT molecular complexity index is 3100. The van der Waals surface area contributed by atoms with Crippen molar-refractivity contribution in [2.24, 2.45) is 0 Å². The van der Waals surface area contributed by atoms with Gasteiger partial charge in [0.15, 0.2) is 0 Å². The molecule has 0 unspecified atom stereocenters. The Hall–Kier alpha value is -7.16. The maximum absolute atomic E-state index is 2.58. The van der Waals surface area contributed by atoms with Crippen molar-refractivity contribution in [3.63, 3.8) is 0 Å². The third-order valence-corrected chi connectivity index (χ3v) is 13.4. The molecule has 0 bridgehead atoms. The maximum Gasteiger partial charge on any atom is 0.0569 e. The van der Waals surface area contributed by atoms with Crippen LogP contribution in [0.2, 0.25) is 0 Å². The summed E-state index contributed by atoms with van der Waals surface area (Å²) in [6.45, 7) is 18.4. The normalized spacial score (nSPS) is 11.7. The van der Waals surface area contributed by atoms with Gasteiger partial charge in [0, 0.05) is 33.3 Å². The molecular formula is C62H56N2. The molecule has 0 heterocycles. The lowest BCUT2D eigenvalue weighted by atomic mass is 9.83. The Morgan fingerprint density at radius 2 is 0.656 bits per heavy atom. The SMILES string of the molecule is Cc1ccccc1N(c1c(C)cccc1-c1ccccc1)c1cc(C(C)C)c2ccc3c(N(c4ccccc4C)c4c(C)cccc4-c4ccccc4)cc(C(C)C)c4ccc1c2c43. The highest BCUT2D eigenvalue weighted by Gasteiger charge is 2.29. The molecule has 0 N–H and O–H groups in total. The molecule has 10 aromatic carbocycles. The van der Waals surface area contributed by atoms with E-state index in [1.54, 1.807) is 0 Å². The number of para-hydroxylation sites is 4. The van der Waals surface area contributed by atoms with E-state index in [9.17, 15) is 0 Å². The van der Waals surface area contributed by atoms with Gasteiger partial charge in [-0.2, -0.15) is 0 Å². The molecule has 0 saturated heterocycles. The van der Waals surface area contributed by atoms with E-state index in [2.05, 4.69) is 247 Å². The average Bonchev–Trinajstić information content (AvgIpc) is 3.31. The number of nitrogens with zero attached hydrogens (tertiary/aromatic N) is 2. The van der Waals surface area contributed by atoms with Gasteiger partial charge in [0.25, 0.3) is 0 Å². The minimum absolute atomic E-state index is 0.278. The molecule has 0 saturated carbocycles. The number of rotatable bonds is 10. The lowest BCUT2D eigenvalue weighted by Crippen LogP contribution is -2.16. The number of hydrogen-bond donors (Lipinski definition) is 0. The topological polar surface area (TPSA) is 6.48 Å². The summed E-state index contributed by atoms with van der Waals surface area (Å²) in [5, 5.41) is 7.79. The molecule has 0 aliphatic rings. The molecule has 0 aliphatic heterocycles. The van der Waals surface area contributed by atoms with Gasteiger partial charge in [-0.3, -0.25) is 0 Å². The van der Waals surface area contributed by atoms with E-state index in [-0.39, 0.29) is 11.8 Å². The fourth-order valence-corrected chi connectivity index (χ4v) is 10.3. The third-order valence-electron chi connectivity index (χ3n) is 13.4. The van der Waals surface area contributed by atoms with Crippen molar-refractivity contribution in [2.75, 3.05) is 9.80 Å². The van der Waals surface area contributed by atoms with E-state index >= 15 is 0 Å². The molecule has 0 amide bonds. The van der Waals surface area contributed by atoms with E-state index in [4.69, 9.17) is 0 Å². The van der Waals surface area contributed by atoms with Crippen molar-refractivity contribution in [3.05, 3.63) is 215 Å². The second-order valence-electron chi connectivity index (χ2n) is 18.3. The lowest BCUT2D eigenvalue weighted by Gasteiger charge is -2.34. The summed E-state index contributed by atoms with van der Waals surface area (Å²) in [6, 6.07) is 67.8. The van der Waals surface area contributed by atoms with Gasteiger partial charge >= 0.3 is 0 Å². The Labute approximate surface area is 379 Å². The molecule has 0 radical (unpaired) electrons. The second kappa shape index (κ2) is 16.5. The van der Waals surface area contributed by atoms with E-state index < -0.39 is 0 Å². The van der Waals surface area contributed by atoms with Crippen molar-refractivity contribution in [1.82, 2.24) is 0 Å². The van der Waals surface area contributed by atoms with Gasteiger partial charge in [0.1, 0.15) is 0 Å². The fraction of sp³-hybridized carbons (Fsp3) is 0.161. The van der Waals surface area contributed by atoms with Crippen LogP contribution in [0.25, 0.3) is 54.6 Å². The molecule has 2 heteroatoms. The van der Waals surface area contributed by atoms with Crippen LogP contribution in [0.1, 0.15) is 72.9 Å². The van der Waals surface area contributed by atoms with Crippen molar-refractivity contribution in [3.8, 4) is 22.3 Å². The molecule has 10 aromatic rings. The quantitative estimate of drug-likeness (QED) is 0.127. The molecule has 0 spiro atoms. The fourth-order valence-electron chi connectivity index (χ4n) is 10.3. The van der Waals surface area contributed by atoms with Crippen LogP contribution in [-0.4, -0.2) is 0 Å². The van der Waals surface area contributed by atoms with Crippen LogP contribution >= 0.6 is 0 Å². The van der Waals surface area contributed by atoms with Gasteiger partial charge in [0.2, 0.25) is 0 Å². The van der Waals surface area contributed by atoms with E-state index in [1.165, 1.54) is 122 Å². The first kappa shape index (κ1) is 40.9. The van der Waals surface area contributed by atoms with Crippen LogP contribution in [-0.2, 0) is 0 Å². The predicted octanol–water partition coefficient (Wildman–Crippen LogP) is 18.3. The molecule has 2 nitrogen and oxygen atoms in total. The van der Waals surface area contributed by atoms with Crippen molar-refractivity contribution in [2.45, 2.75) is 67.2 Å². The molecule has 314 valence electrons. The summed E-state index contributed by atoms with van der Waals surface area (Å²) >= 11 is 0. The van der Waals surface area contributed by atoms with Gasteiger partial charge < -0.3 is 9.80 Å². The van der Waals surface area contributed by atoms with E-state index in [0.717, 1.165) is 0 Å². The zero-order valence-corrected chi connectivity index (χ0v) is 38.4. The molecule has 0 atom stereocenters. The van der Waals surface area contributed by atoms with E-state index in [0.29, 0.717) is 0 Å². The predicted molar refractivity (Wildman–Crippen MR) is 278 cm³/mol. The Morgan fingerprint density at radius 1 is 0.312 bits per heavy atom. The average molecular weight is 829 g/mol. The molecule has 0 aromatic heterocycles. The van der Waals surface area contributed by atoms with Crippen LogP contribution in [0, 0.1) is 27.7 Å². The van der Waals surface area contributed by atoms with Gasteiger partial charge in [-0.15, -0.1) is 0 Å². The van der Waals surface area contributed by atoms with Crippen LogP contribution in [0.15, 0.2) is 182 Å². The monoisotopic (exact) mass is 828 g/mol. The van der Waals surface area contributed by atoms with Gasteiger partial charge in [-0.05, 0) is 130 Å². The van der Waals surface area contributed by atoms with Gasteiger partial charge in [-0.1, -0.05) is 185 Å². The van der Waals surface area contributed by atoms with Gasteiger partial charge in [0.05, 0.1) is 22.7 Å². The summed E-state index contributed by atoms with van der Waals surface area (Å²) in [6.07, 6.45) is 0.